The van der Waals surface area contributed by atoms with E-state index < -0.39 is 0 Å². The average Bonchev–Trinajstić information content (AvgIpc) is 1.95. The molecule has 1 aliphatic rings. The Morgan fingerprint density at radius 1 is 1.45 bits per heavy atom. The van der Waals surface area contributed by atoms with Gasteiger partial charge in [-0.3, -0.25) is 0 Å². The Morgan fingerprint density at radius 2 is 2.00 bits per heavy atom. The van der Waals surface area contributed by atoms with E-state index in [2.05, 4.69) is 0 Å². The highest BCUT2D eigenvalue weighted by Crippen LogP contribution is 2.30. The molecular formula is C8H8N2O. The molecule has 0 radical (unpaired) electrons. The molecule has 1 aliphatic carbocycles. The second kappa shape index (κ2) is 3.18. The van der Waals surface area contributed by atoms with Gasteiger partial charge < -0.3 is 4.74 Å². The zero-order chi connectivity index (χ0) is 8.27. The van der Waals surface area contributed by atoms with Crippen molar-refractivity contribution in [2.75, 3.05) is 7.11 Å². The van der Waals surface area contributed by atoms with E-state index in [-0.39, 0.29) is 11.7 Å². The highest BCUT2D eigenvalue weighted by Gasteiger charge is 2.25. The Kier molecular flexibility index (Phi) is 2.25. The monoisotopic (exact) mass is 148 g/mol. The molecule has 3 heteroatoms. The molecule has 0 atom stereocenters. The van der Waals surface area contributed by atoms with E-state index in [0.29, 0.717) is 0 Å². The Hall–Kier alpha value is -1.32. The van der Waals surface area contributed by atoms with Crippen LogP contribution in [0.2, 0.25) is 0 Å². The van der Waals surface area contributed by atoms with Crippen LogP contribution in [-0.2, 0) is 4.74 Å². The maximum atomic E-state index is 8.45. The Balaban J connectivity index is 2.61. The van der Waals surface area contributed by atoms with E-state index in [1.54, 1.807) is 7.11 Å². The van der Waals surface area contributed by atoms with Crippen molar-refractivity contribution in [3.8, 4) is 12.1 Å². The van der Waals surface area contributed by atoms with Crippen LogP contribution in [-0.4, -0.2) is 13.2 Å². The lowest BCUT2D eigenvalue weighted by Gasteiger charge is -2.27. The lowest BCUT2D eigenvalue weighted by atomic mass is 9.85. The topological polar surface area (TPSA) is 56.8 Å². The van der Waals surface area contributed by atoms with Gasteiger partial charge in [0.25, 0.3) is 0 Å². The molecule has 0 heterocycles. The molecule has 0 bridgehead atoms. The van der Waals surface area contributed by atoms with Crippen LogP contribution in [0.15, 0.2) is 11.1 Å². The van der Waals surface area contributed by atoms with Gasteiger partial charge in [0.1, 0.15) is 17.7 Å². The molecule has 56 valence electrons. The summed E-state index contributed by atoms with van der Waals surface area (Å²) in [5.74, 6) is 0. The number of nitriles is 2. The molecule has 0 saturated heterocycles. The van der Waals surface area contributed by atoms with Crippen molar-refractivity contribution in [3.05, 3.63) is 11.1 Å². The predicted molar refractivity (Wildman–Crippen MR) is 38.3 cm³/mol. The zero-order valence-electron chi connectivity index (χ0n) is 6.29. The maximum Gasteiger partial charge on any atom is 0.129 e. The van der Waals surface area contributed by atoms with Gasteiger partial charge in [-0.25, -0.2) is 0 Å². The molecular weight excluding hydrogens is 140 g/mol. The fourth-order valence-electron chi connectivity index (χ4n) is 1.04. The van der Waals surface area contributed by atoms with Crippen LogP contribution in [0, 0.1) is 22.7 Å². The van der Waals surface area contributed by atoms with E-state index in [9.17, 15) is 0 Å². The molecule has 0 aromatic rings. The van der Waals surface area contributed by atoms with Gasteiger partial charge >= 0.3 is 0 Å². The SMILES string of the molecule is COC1CC(=C(C#N)C#N)C1. The Bertz CT molecular complexity index is 243. The van der Waals surface area contributed by atoms with E-state index in [1.165, 1.54) is 0 Å². The highest BCUT2D eigenvalue weighted by atomic mass is 16.5. The smallest absolute Gasteiger partial charge is 0.129 e. The summed E-state index contributed by atoms with van der Waals surface area (Å²) in [6, 6.07) is 3.72. The van der Waals surface area contributed by atoms with Gasteiger partial charge in [-0.05, 0) is 18.4 Å². The van der Waals surface area contributed by atoms with Crippen LogP contribution in [0.4, 0.5) is 0 Å². The van der Waals surface area contributed by atoms with Crippen molar-refractivity contribution in [2.45, 2.75) is 18.9 Å². The third kappa shape index (κ3) is 1.39. The molecule has 0 spiro atoms. The zero-order valence-corrected chi connectivity index (χ0v) is 6.29. The third-order valence-electron chi connectivity index (χ3n) is 1.86. The molecule has 0 N–H and O–H groups in total. The molecule has 3 nitrogen and oxygen atoms in total. The van der Waals surface area contributed by atoms with E-state index in [0.717, 1.165) is 18.4 Å². The van der Waals surface area contributed by atoms with Crippen molar-refractivity contribution >= 4 is 0 Å². The van der Waals surface area contributed by atoms with Crippen LogP contribution >= 0.6 is 0 Å². The van der Waals surface area contributed by atoms with Crippen LogP contribution in [0.1, 0.15) is 12.8 Å². The van der Waals surface area contributed by atoms with Crippen molar-refractivity contribution in [2.24, 2.45) is 0 Å². The second-order valence-electron chi connectivity index (χ2n) is 2.47. The first kappa shape index (κ1) is 7.78. The number of allylic oxidation sites excluding steroid dienone is 1. The summed E-state index contributed by atoms with van der Waals surface area (Å²) in [4.78, 5) is 0. The number of methoxy groups -OCH3 is 1. The van der Waals surface area contributed by atoms with Crippen molar-refractivity contribution in [3.63, 3.8) is 0 Å². The largest absolute Gasteiger partial charge is 0.381 e. The Morgan fingerprint density at radius 3 is 2.36 bits per heavy atom. The van der Waals surface area contributed by atoms with Crippen molar-refractivity contribution in [1.29, 1.82) is 10.5 Å². The van der Waals surface area contributed by atoms with Crippen LogP contribution < -0.4 is 0 Å². The molecule has 11 heavy (non-hydrogen) atoms. The average molecular weight is 148 g/mol. The summed E-state index contributed by atoms with van der Waals surface area (Å²) in [5.41, 5.74) is 1.19. The van der Waals surface area contributed by atoms with Gasteiger partial charge in [-0.15, -0.1) is 0 Å². The number of hydrogen-bond acceptors (Lipinski definition) is 3. The van der Waals surface area contributed by atoms with Gasteiger partial charge in [0.2, 0.25) is 0 Å². The number of nitrogens with zero attached hydrogens (tertiary/aromatic N) is 2. The molecule has 0 aromatic carbocycles. The van der Waals surface area contributed by atoms with Gasteiger partial charge in [0.15, 0.2) is 0 Å². The summed E-state index contributed by atoms with van der Waals surface area (Å²) in [7, 11) is 1.64. The number of rotatable bonds is 1. The normalized spacial score (nSPS) is 21.4. The third-order valence-corrected chi connectivity index (χ3v) is 1.86. The first-order valence-corrected chi connectivity index (χ1v) is 3.36. The van der Waals surface area contributed by atoms with Crippen LogP contribution in [0.3, 0.4) is 0 Å². The van der Waals surface area contributed by atoms with Crippen LogP contribution in [0.5, 0.6) is 0 Å². The molecule has 0 unspecified atom stereocenters. The molecule has 1 rings (SSSR count). The number of hydrogen-bond donors (Lipinski definition) is 0. The quantitative estimate of drug-likeness (QED) is 0.524. The lowest BCUT2D eigenvalue weighted by Crippen LogP contribution is -2.23. The molecule has 0 aliphatic heterocycles. The molecule has 0 amide bonds. The maximum absolute atomic E-state index is 8.45. The Labute approximate surface area is 65.5 Å². The summed E-state index contributed by atoms with van der Waals surface area (Å²) < 4.78 is 5.00. The first-order chi connectivity index (χ1) is 5.31. The van der Waals surface area contributed by atoms with Gasteiger partial charge in [0.05, 0.1) is 6.10 Å². The summed E-state index contributed by atoms with van der Waals surface area (Å²) in [5, 5.41) is 16.9. The fraction of sp³-hybridized carbons (Fsp3) is 0.500. The standard InChI is InChI=1S/C8H8N2O/c1-11-8-2-6(3-8)7(4-9)5-10/h8H,2-3H2,1H3. The van der Waals surface area contributed by atoms with Gasteiger partial charge in [0, 0.05) is 7.11 Å². The van der Waals surface area contributed by atoms with E-state index >= 15 is 0 Å². The van der Waals surface area contributed by atoms with Gasteiger partial charge in [-0.2, -0.15) is 10.5 Å². The minimum atomic E-state index is 0.224. The second-order valence-corrected chi connectivity index (χ2v) is 2.47. The molecule has 1 fully saturated rings. The molecule has 1 saturated carbocycles. The van der Waals surface area contributed by atoms with Crippen LogP contribution in [0.25, 0.3) is 0 Å². The minimum Gasteiger partial charge on any atom is -0.381 e. The van der Waals surface area contributed by atoms with Crippen molar-refractivity contribution < 1.29 is 4.74 Å². The van der Waals surface area contributed by atoms with E-state index in [4.69, 9.17) is 15.3 Å². The van der Waals surface area contributed by atoms with E-state index in [1.807, 2.05) is 12.1 Å². The highest BCUT2D eigenvalue weighted by molar-refractivity contribution is 5.43. The minimum absolute atomic E-state index is 0.224. The first-order valence-electron chi connectivity index (χ1n) is 3.36. The summed E-state index contributed by atoms with van der Waals surface area (Å²) in [6.45, 7) is 0. The fourth-order valence-corrected chi connectivity index (χ4v) is 1.04. The lowest BCUT2D eigenvalue weighted by molar-refractivity contribution is 0.0722. The predicted octanol–water partition coefficient (Wildman–Crippen LogP) is 1.14. The molecule has 0 aromatic heterocycles. The summed E-state index contributed by atoms with van der Waals surface area (Å²) >= 11 is 0. The van der Waals surface area contributed by atoms with Crippen molar-refractivity contribution in [1.82, 2.24) is 0 Å². The summed E-state index contributed by atoms with van der Waals surface area (Å²) in [6.07, 6.45) is 1.71. The number of ether oxygens (including phenoxy) is 1. The van der Waals surface area contributed by atoms with Gasteiger partial charge in [-0.1, -0.05) is 0 Å².